The van der Waals surface area contributed by atoms with Gasteiger partial charge in [0.15, 0.2) is 5.78 Å². The fourth-order valence-electron chi connectivity index (χ4n) is 2.83. The first-order valence-corrected chi connectivity index (χ1v) is 5.14. The van der Waals surface area contributed by atoms with Gasteiger partial charge < -0.3 is 5.11 Å². The summed E-state index contributed by atoms with van der Waals surface area (Å²) >= 11 is 0. The predicted octanol–water partition coefficient (Wildman–Crippen LogP) is -1.45. The molecule has 1 spiro atoms. The minimum absolute atomic E-state index is 0. The van der Waals surface area contributed by atoms with Crippen LogP contribution in [-0.2, 0) is 4.79 Å². The van der Waals surface area contributed by atoms with Crippen molar-refractivity contribution in [3.8, 4) is 0 Å². The maximum atomic E-state index is 11.9. The van der Waals surface area contributed by atoms with Crippen molar-refractivity contribution in [2.24, 2.45) is 5.41 Å². The maximum absolute atomic E-state index is 11.9. The van der Waals surface area contributed by atoms with Gasteiger partial charge in [-0.25, -0.2) is 0 Å². The summed E-state index contributed by atoms with van der Waals surface area (Å²) in [6, 6.07) is 0. The van der Waals surface area contributed by atoms with E-state index in [-0.39, 0.29) is 40.8 Å². The van der Waals surface area contributed by atoms with Crippen molar-refractivity contribution in [1.82, 2.24) is 0 Å². The average molecular weight is 202 g/mol. The molecule has 0 aromatic rings. The topological polar surface area (TPSA) is 40.1 Å². The van der Waals surface area contributed by atoms with Gasteiger partial charge in [-0.3, -0.25) is 4.79 Å². The summed E-state index contributed by atoms with van der Waals surface area (Å²) in [5, 5.41) is 10.7. The Morgan fingerprint density at radius 1 is 1.14 bits per heavy atom. The van der Waals surface area contributed by atoms with Crippen LogP contribution in [0.5, 0.6) is 0 Å². The summed E-state index contributed by atoms with van der Waals surface area (Å²) in [5.74, 6) is 0.172. The van der Waals surface area contributed by atoms with E-state index in [1.165, 1.54) is 0 Å². The average Bonchev–Trinajstić information content (AvgIpc) is 2.60. The molecule has 2 fully saturated rings. The molecule has 2 aliphatic rings. The molecule has 0 radical (unpaired) electrons. The van der Waals surface area contributed by atoms with Gasteiger partial charge in [0.2, 0.25) is 0 Å². The molecule has 14 heavy (non-hydrogen) atoms. The number of hydrogen-bond acceptors (Lipinski definition) is 2. The van der Waals surface area contributed by atoms with Crippen molar-refractivity contribution in [2.45, 2.75) is 44.9 Å². The number of hydrogen-bond donors (Lipinski definition) is 0. The predicted molar refractivity (Wildman–Crippen MR) is 47.8 cm³/mol. The van der Waals surface area contributed by atoms with E-state index < -0.39 is 0 Å². The van der Waals surface area contributed by atoms with Crippen molar-refractivity contribution in [3.05, 3.63) is 11.8 Å². The Bertz CT molecular complexity index is 252. The third-order valence-corrected chi connectivity index (χ3v) is 3.58. The van der Waals surface area contributed by atoms with E-state index in [4.69, 9.17) is 0 Å². The third kappa shape index (κ3) is 1.93. The quantitative estimate of drug-likeness (QED) is 0.274. The van der Waals surface area contributed by atoms with Crippen molar-refractivity contribution in [3.63, 3.8) is 0 Å². The number of rotatable bonds is 0. The Labute approximate surface area is 107 Å². The molecule has 0 aliphatic heterocycles. The van der Waals surface area contributed by atoms with Crippen LogP contribution < -0.4 is 34.7 Å². The molecule has 0 unspecified atom stereocenters. The summed E-state index contributed by atoms with van der Waals surface area (Å²) < 4.78 is 0. The van der Waals surface area contributed by atoms with E-state index in [2.05, 4.69) is 0 Å². The molecule has 3 heteroatoms. The summed E-state index contributed by atoms with van der Waals surface area (Å²) in [6.45, 7) is 0. The molecule has 72 valence electrons. The van der Waals surface area contributed by atoms with E-state index in [9.17, 15) is 9.90 Å². The molecule has 0 bridgehead atoms. The molecular weight excluding hydrogens is 187 g/mol. The first-order valence-electron chi connectivity index (χ1n) is 5.14. The second-order valence-corrected chi connectivity index (χ2v) is 4.31. The van der Waals surface area contributed by atoms with E-state index in [0.29, 0.717) is 12.0 Å². The first kappa shape index (κ1) is 12.3. The fraction of sp³-hybridized carbons (Fsp3) is 0.727. The van der Waals surface area contributed by atoms with Gasteiger partial charge in [0, 0.05) is 5.41 Å². The summed E-state index contributed by atoms with van der Waals surface area (Å²) in [5.41, 5.74) is 0.447. The molecule has 0 saturated heterocycles. The molecule has 0 aromatic carbocycles. The molecule has 0 atom stereocenters. The Balaban J connectivity index is 0.000000980. The minimum atomic E-state index is -0.103. The van der Waals surface area contributed by atoms with Crippen LogP contribution >= 0.6 is 0 Å². The van der Waals surface area contributed by atoms with Crippen molar-refractivity contribution in [2.75, 3.05) is 0 Å². The van der Waals surface area contributed by atoms with Crippen LogP contribution in [0.25, 0.3) is 0 Å². The normalized spacial score (nSPS) is 28.0. The van der Waals surface area contributed by atoms with E-state index in [1.807, 2.05) is 0 Å². The zero-order valence-electron chi connectivity index (χ0n) is 8.84. The monoisotopic (exact) mass is 202 g/mol. The summed E-state index contributed by atoms with van der Waals surface area (Å²) in [4.78, 5) is 11.9. The molecule has 0 N–H and O–H groups in total. The number of carbonyl (C=O) groups is 1. The number of Topliss-reactive ketones (excluding diaryl/α,β-unsaturated/α-hetero) is 1. The van der Waals surface area contributed by atoms with Gasteiger partial charge in [-0.15, -0.1) is 6.26 Å². The van der Waals surface area contributed by atoms with Gasteiger partial charge in [-0.2, -0.15) is 0 Å². The molecular formula is C11H15NaO2. The number of ketones is 1. The number of carbonyl (C=O) groups excluding carboxylic acids is 1. The molecule has 2 nitrogen and oxygen atoms in total. The Morgan fingerprint density at radius 3 is 2.29 bits per heavy atom. The standard InChI is InChI=1S/C11H16O2.Na/c12-8-9-4-3-7-11(10(9)13)5-1-2-6-11;/h8,12H,1-7H2;/q;+1/p-1/b9-8-;. The molecule has 2 saturated carbocycles. The number of allylic oxidation sites excluding steroid dienone is 1. The van der Waals surface area contributed by atoms with Crippen LogP contribution in [0.4, 0.5) is 0 Å². The SMILES string of the molecule is O=C1/C(=C\[O-])CCCC12CCCC2.[Na+]. The Morgan fingerprint density at radius 2 is 1.71 bits per heavy atom. The Kier molecular flexibility index (Phi) is 4.23. The van der Waals surface area contributed by atoms with E-state index in [0.717, 1.165) is 44.8 Å². The summed E-state index contributed by atoms with van der Waals surface area (Å²) in [6.07, 6.45) is 7.90. The van der Waals surface area contributed by atoms with Crippen LogP contribution in [0.15, 0.2) is 11.8 Å². The van der Waals surface area contributed by atoms with Gasteiger partial charge in [-0.05, 0) is 37.7 Å². The van der Waals surface area contributed by atoms with Crippen LogP contribution in [0.1, 0.15) is 44.9 Å². The molecule has 0 heterocycles. The fourth-order valence-corrected chi connectivity index (χ4v) is 2.83. The van der Waals surface area contributed by atoms with Gasteiger partial charge >= 0.3 is 29.6 Å². The van der Waals surface area contributed by atoms with Crippen LogP contribution in [0.2, 0.25) is 0 Å². The minimum Gasteiger partial charge on any atom is -0.878 e. The van der Waals surface area contributed by atoms with Crippen LogP contribution in [0, 0.1) is 5.41 Å². The largest absolute Gasteiger partial charge is 1.00 e. The first-order chi connectivity index (χ1) is 6.28. The van der Waals surface area contributed by atoms with Crippen molar-refractivity contribution >= 4 is 5.78 Å². The summed E-state index contributed by atoms with van der Waals surface area (Å²) in [7, 11) is 0. The second kappa shape index (κ2) is 4.82. The molecule has 0 amide bonds. The Hall–Kier alpha value is 0.210. The van der Waals surface area contributed by atoms with E-state index in [1.54, 1.807) is 0 Å². The van der Waals surface area contributed by atoms with Crippen LogP contribution in [0.3, 0.4) is 0 Å². The molecule has 2 aliphatic carbocycles. The van der Waals surface area contributed by atoms with Gasteiger partial charge in [0.1, 0.15) is 0 Å². The van der Waals surface area contributed by atoms with E-state index >= 15 is 0 Å². The van der Waals surface area contributed by atoms with Gasteiger partial charge in [0.05, 0.1) is 0 Å². The zero-order valence-corrected chi connectivity index (χ0v) is 10.8. The second-order valence-electron chi connectivity index (χ2n) is 4.31. The van der Waals surface area contributed by atoms with Crippen molar-refractivity contribution < 1.29 is 39.5 Å². The zero-order chi connectivity index (χ0) is 9.31. The smallest absolute Gasteiger partial charge is 0.878 e. The molecule has 2 rings (SSSR count). The third-order valence-electron chi connectivity index (χ3n) is 3.58. The maximum Gasteiger partial charge on any atom is 1.00 e. The molecule has 0 aromatic heterocycles. The van der Waals surface area contributed by atoms with Gasteiger partial charge in [-0.1, -0.05) is 12.8 Å². The van der Waals surface area contributed by atoms with Crippen molar-refractivity contribution in [1.29, 1.82) is 0 Å². The van der Waals surface area contributed by atoms with Gasteiger partial charge in [0.25, 0.3) is 0 Å². The van der Waals surface area contributed by atoms with Crippen LogP contribution in [-0.4, -0.2) is 5.78 Å².